The lowest BCUT2D eigenvalue weighted by Crippen LogP contribution is -2.29. The molecule has 4 nitrogen and oxygen atoms in total. The molecule has 0 aromatic heterocycles. The molecule has 0 bridgehead atoms. The summed E-state index contributed by atoms with van der Waals surface area (Å²) in [6.07, 6.45) is -4.28. The zero-order valence-electron chi connectivity index (χ0n) is 11.6. The average Bonchev–Trinajstić information content (AvgIpc) is 2.39. The van der Waals surface area contributed by atoms with Crippen LogP contribution in [0.5, 0.6) is 5.75 Å². The van der Waals surface area contributed by atoms with E-state index in [1.54, 1.807) is 13.8 Å². The molecule has 0 amide bonds. The van der Waals surface area contributed by atoms with Crippen molar-refractivity contribution in [1.82, 2.24) is 0 Å². The standard InChI is InChI=1S/C14H15F3O4/c1-3-11(12(18)20-4-2)13(19)21-10-7-5-9(6-8-10)14(15,16)17/h5-8,11H,3-4H2,1-2H3. The van der Waals surface area contributed by atoms with E-state index in [1.165, 1.54) is 0 Å². The largest absolute Gasteiger partial charge is 0.465 e. The zero-order valence-corrected chi connectivity index (χ0v) is 11.6. The number of ether oxygens (including phenoxy) is 2. The van der Waals surface area contributed by atoms with Gasteiger partial charge in [-0.1, -0.05) is 6.92 Å². The SMILES string of the molecule is CCOC(=O)C(CC)C(=O)Oc1ccc(C(F)(F)F)cc1. The number of hydrogen-bond acceptors (Lipinski definition) is 4. The Kier molecular flexibility index (Phi) is 5.75. The second-order valence-electron chi connectivity index (χ2n) is 4.16. The third-order valence-electron chi connectivity index (χ3n) is 2.66. The lowest BCUT2D eigenvalue weighted by atomic mass is 10.1. The number of hydrogen-bond donors (Lipinski definition) is 0. The first kappa shape index (κ1) is 17.0. The van der Waals surface area contributed by atoms with E-state index in [-0.39, 0.29) is 18.8 Å². The van der Waals surface area contributed by atoms with E-state index >= 15 is 0 Å². The molecule has 1 rings (SSSR count). The molecule has 0 saturated heterocycles. The fourth-order valence-electron chi connectivity index (χ4n) is 1.57. The van der Waals surface area contributed by atoms with Crippen molar-refractivity contribution in [3.05, 3.63) is 29.8 Å². The fourth-order valence-corrected chi connectivity index (χ4v) is 1.57. The van der Waals surface area contributed by atoms with Gasteiger partial charge in [-0.05, 0) is 37.6 Å². The summed E-state index contributed by atoms with van der Waals surface area (Å²) in [5, 5.41) is 0. The summed E-state index contributed by atoms with van der Waals surface area (Å²) in [5.74, 6) is -2.71. The Morgan fingerprint density at radius 1 is 1.10 bits per heavy atom. The van der Waals surface area contributed by atoms with Gasteiger partial charge in [-0.15, -0.1) is 0 Å². The van der Waals surface area contributed by atoms with Crippen LogP contribution in [0.3, 0.4) is 0 Å². The predicted molar refractivity (Wildman–Crippen MR) is 67.5 cm³/mol. The Bertz CT molecular complexity index is 494. The van der Waals surface area contributed by atoms with Crippen LogP contribution in [0.25, 0.3) is 0 Å². The first-order valence-corrected chi connectivity index (χ1v) is 6.35. The Morgan fingerprint density at radius 2 is 1.67 bits per heavy atom. The molecular weight excluding hydrogens is 289 g/mol. The minimum atomic E-state index is -4.46. The van der Waals surface area contributed by atoms with Crippen LogP contribution in [-0.2, 0) is 20.5 Å². The van der Waals surface area contributed by atoms with Crippen LogP contribution in [0.15, 0.2) is 24.3 Å². The highest BCUT2D eigenvalue weighted by Gasteiger charge is 2.31. The van der Waals surface area contributed by atoms with Crippen molar-refractivity contribution >= 4 is 11.9 Å². The predicted octanol–water partition coefficient (Wildman–Crippen LogP) is 3.20. The van der Waals surface area contributed by atoms with E-state index in [0.717, 1.165) is 24.3 Å². The van der Waals surface area contributed by atoms with Gasteiger partial charge in [-0.25, -0.2) is 0 Å². The summed E-state index contributed by atoms with van der Waals surface area (Å²) < 4.78 is 46.8. The molecule has 1 unspecified atom stereocenters. The van der Waals surface area contributed by atoms with Gasteiger partial charge in [-0.3, -0.25) is 9.59 Å². The zero-order chi connectivity index (χ0) is 16.0. The second-order valence-corrected chi connectivity index (χ2v) is 4.16. The highest BCUT2D eigenvalue weighted by atomic mass is 19.4. The van der Waals surface area contributed by atoms with Gasteiger partial charge in [0.05, 0.1) is 12.2 Å². The Balaban J connectivity index is 2.76. The molecule has 0 aliphatic carbocycles. The lowest BCUT2D eigenvalue weighted by Gasteiger charge is -2.13. The lowest BCUT2D eigenvalue weighted by molar-refractivity contribution is -0.157. The number of esters is 2. The summed E-state index contributed by atoms with van der Waals surface area (Å²) in [5.41, 5.74) is -0.847. The summed E-state index contributed by atoms with van der Waals surface area (Å²) in [6, 6.07) is 3.65. The summed E-state index contributed by atoms with van der Waals surface area (Å²) in [7, 11) is 0. The number of halogens is 3. The number of alkyl halides is 3. The first-order chi connectivity index (χ1) is 9.79. The summed E-state index contributed by atoms with van der Waals surface area (Å²) >= 11 is 0. The van der Waals surface area contributed by atoms with E-state index in [9.17, 15) is 22.8 Å². The van der Waals surface area contributed by atoms with Crippen LogP contribution in [0.1, 0.15) is 25.8 Å². The van der Waals surface area contributed by atoms with Crippen molar-refractivity contribution in [1.29, 1.82) is 0 Å². The smallest absolute Gasteiger partial charge is 0.416 e. The number of carbonyl (C=O) groups excluding carboxylic acids is 2. The van der Waals surface area contributed by atoms with Crippen LogP contribution in [0.4, 0.5) is 13.2 Å². The van der Waals surface area contributed by atoms with Crippen molar-refractivity contribution in [2.75, 3.05) is 6.61 Å². The highest BCUT2D eigenvalue weighted by molar-refractivity contribution is 5.95. The molecule has 116 valence electrons. The Labute approximate surface area is 119 Å². The van der Waals surface area contributed by atoms with Crippen LogP contribution in [0, 0.1) is 5.92 Å². The fraction of sp³-hybridized carbons (Fsp3) is 0.429. The van der Waals surface area contributed by atoms with Gasteiger partial charge in [0.1, 0.15) is 5.75 Å². The van der Waals surface area contributed by atoms with Crippen molar-refractivity contribution in [2.45, 2.75) is 26.4 Å². The van der Waals surface area contributed by atoms with Gasteiger partial charge in [0.15, 0.2) is 5.92 Å². The van der Waals surface area contributed by atoms with Gasteiger partial charge < -0.3 is 9.47 Å². The minimum absolute atomic E-state index is 0.0595. The maximum atomic E-state index is 12.4. The highest BCUT2D eigenvalue weighted by Crippen LogP contribution is 2.30. The van der Waals surface area contributed by atoms with Crippen molar-refractivity contribution in [2.24, 2.45) is 5.92 Å². The molecule has 0 heterocycles. The van der Waals surface area contributed by atoms with Crippen molar-refractivity contribution in [3.63, 3.8) is 0 Å². The minimum Gasteiger partial charge on any atom is -0.465 e. The van der Waals surface area contributed by atoms with Gasteiger partial charge in [0.25, 0.3) is 0 Å². The van der Waals surface area contributed by atoms with Crippen LogP contribution in [-0.4, -0.2) is 18.5 Å². The molecule has 7 heteroatoms. The van der Waals surface area contributed by atoms with E-state index in [0.29, 0.717) is 0 Å². The molecular formula is C14H15F3O4. The molecule has 1 aromatic carbocycles. The number of benzene rings is 1. The second kappa shape index (κ2) is 7.10. The molecule has 0 fully saturated rings. The van der Waals surface area contributed by atoms with Gasteiger partial charge in [-0.2, -0.15) is 13.2 Å². The van der Waals surface area contributed by atoms with Gasteiger partial charge >= 0.3 is 18.1 Å². The molecule has 21 heavy (non-hydrogen) atoms. The normalized spacial score (nSPS) is 12.6. The van der Waals surface area contributed by atoms with Gasteiger partial charge in [0.2, 0.25) is 0 Å². The van der Waals surface area contributed by atoms with Crippen LogP contribution >= 0.6 is 0 Å². The summed E-state index contributed by atoms with van der Waals surface area (Å²) in [6.45, 7) is 3.34. The molecule has 0 radical (unpaired) electrons. The van der Waals surface area contributed by atoms with E-state index in [1.807, 2.05) is 0 Å². The average molecular weight is 304 g/mol. The summed E-state index contributed by atoms with van der Waals surface area (Å²) in [4.78, 5) is 23.3. The van der Waals surface area contributed by atoms with E-state index in [4.69, 9.17) is 9.47 Å². The molecule has 1 aromatic rings. The number of carbonyl (C=O) groups is 2. The molecule has 0 spiro atoms. The maximum absolute atomic E-state index is 12.4. The molecule has 0 aliphatic rings. The van der Waals surface area contributed by atoms with Crippen LogP contribution < -0.4 is 4.74 Å². The molecule has 0 saturated carbocycles. The monoisotopic (exact) mass is 304 g/mol. The van der Waals surface area contributed by atoms with E-state index in [2.05, 4.69) is 0 Å². The third kappa shape index (κ3) is 4.77. The van der Waals surface area contributed by atoms with Gasteiger partial charge in [0, 0.05) is 0 Å². The number of rotatable bonds is 5. The van der Waals surface area contributed by atoms with Crippen LogP contribution in [0.2, 0.25) is 0 Å². The quantitative estimate of drug-likeness (QED) is 0.476. The molecule has 1 atom stereocenters. The molecule has 0 aliphatic heterocycles. The maximum Gasteiger partial charge on any atom is 0.416 e. The van der Waals surface area contributed by atoms with E-state index < -0.39 is 29.6 Å². The molecule has 0 N–H and O–H groups in total. The van der Waals surface area contributed by atoms with Crippen molar-refractivity contribution in [3.8, 4) is 5.75 Å². The Hall–Kier alpha value is -2.05. The first-order valence-electron chi connectivity index (χ1n) is 6.35. The Morgan fingerprint density at radius 3 is 2.10 bits per heavy atom. The third-order valence-corrected chi connectivity index (χ3v) is 2.66. The topological polar surface area (TPSA) is 52.6 Å². The van der Waals surface area contributed by atoms with Crippen molar-refractivity contribution < 1.29 is 32.2 Å².